The van der Waals surface area contributed by atoms with E-state index in [1.54, 1.807) is 24.3 Å². The van der Waals surface area contributed by atoms with Crippen LogP contribution in [0.5, 0.6) is 0 Å². The number of rotatable bonds is 4. The molecule has 0 N–H and O–H groups in total. The Morgan fingerprint density at radius 3 is 2.38 bits per heavy atom. The Bertz CT molecular complexity index is 983. The number of fused-ring (bicyclic) bond motifs is 2. The summed E-state index contributed by atoms with van der Waals surface area (Å²) in [5, 5.41) is -1.01. The van der Waals surface area contributed by atoms with Crippen LogP contribution >= 0.6 is 23.5 Å². The van der Waals surface area contributed by atoms with Crippen LogP contribution in [0.2, 0.25) is 0 Å². The van der Waals surface area contributed by atoms with Crippen LogP contribution in [0.4, 0.5) is 5.69 Å². The van der Waals surface area contributed by atoms with Crippen molar-refractivity contribution in [2.45, 2.75) is 38.4 Å². The number of benzene rings is 2. The van der Waals surface area contributed by atoms with Gasteiger partial charge in [-0.1, -0.05) is 18.2 Å². The summed E-state index contributed by atoms with van der Waals surface area (Å²) in [6.07, 6.45) is 0. The summed E-state index contributed by atoms with van der Waals surface area (Å²) in [6.45, 7) is 6.06. The highest BCUT2D eigenvalue weighted by atomic mass is 32.2. The summed E-state index contributed by atoms with van der Waals surface area (Å²) in [7, 11) is -3.63. The van der Waals surface area contributed by atoms with Gasteiger partial charge in [0.25, 0.3) is 0 Å². The van der Waals surface area contributed by atoms with Gasteiger partial charge in [-0.25, -0.2) is 8.42 Å². The molecule has 0 bridgehead atoms. The number of hydrogen-bond donors (Lipinski definition) is 0. The van der Waals surface area contributed by atoms with E-state index in [4.69, 9.17) is 0 Å². The van der Waals surface area contributed by atoms with Crippen LogP contribution in [0.25, 0.3) is 0 Å². The molecule has 0 aliphatic carbocycles. The van der Waals surface area contributed by atoms with E-state index in [0.717, 1.165) is 28.6 Å². The van der Waals surface area contributed by atoms with Crippen molar-refractivity contribution >= 4 is 44.8 Å². The Kier molecular flexibility index (Phi) is 4.57. The highest BCUT2D eigenvalue weighted by molar-refractivity contribution is 8.20. The van der Waals surface area contributed by atoms with E-state index in [-0.39, 0.29) is 15.3 Å². The number of hydrogen-bond acceptors (Lipinski definition) is 6. The average Bonchev–Trinajstić information content (AvgIpc) is 3.13. The number of anilines is 1. The summed E-state index contributed by atoms with van der Waals surface area (Å²) in [4.78, 5) is 17.3. The topological polar surface area (TPSA) is 54.5 Å². The molecular weight excluding hydrogens is 386 g/mol. The van der Waals surface area contributed by atoms with Gasteiger partial charge in [-0.2, -0.15) is 0 Å². The van der Waals surface area contributed by atoms with Gasteiger partial charge in [0.15, 0.2) is 20.9 Å². The average molecular weight is 406 g/mol. The first-order chi connectivity index (χ1) is 12.5. The van der Waals surface area contributed by atoms with Gasteiger partial charge in [0.1, 0.15) is 0 Å². The van der Waals surface area contributed by atoms with Crippen molar-refractivity contribution in [1.29, 1.82) is 0 Å². The van der Waals surface area contributed by atoms with Crippen molar-refractivity contribution in [3.8, 4) is 0 Å². The molecule has 0 fully saturated rings. The van der Waals surface area contributed by atoms with Crippen LogP contribution in [0.15, 0.2) is 57.2 Å². The van der Waals surface area contributed by atoms with E-state index in [2.05, 4.69) is 30.9 Å². The van der Waals surface area contributed by atoms with Crippen molar-refractivity contribution in [1.82, 2.24) is 0 Å². The second-order valence-electron chi connectivity index (χ2n) is 6.23. The normalized spacial score (nSPS) is 22.9. The molecule has 2 aromatic carbocycles. The molecule has 2 atom stereocenters. The lowest BCUT2D eigenvalue weighted by atomic mass is 10.1. The third-order valence-electron chi connectivity index (χ3n) is 4.84. The lowest BCUT2D eigenvalue weighted by Crippen LogP contribution is -2.31. The Morgan fingerprint density at radius 2 is 1.69 bits per heavy atom. The van der Waals surface area contributed by atoms with E-state index in [1.807, 2.05) is 6.07 Å². The number of carbonyl (C=O) groups excluding carboxylic acids is 1. The zero-order valence-corrected chi connectivity index (χ0v) is 17.0. The molecule has 0 saturated heterocycles. The van der Waals surface area contributed by atoms with Gasteiger partial charge in [0.2, 0.25) is 0 Å². The van der Waals surface area contributed by atoms with Crippen molar-refractivity contribution in [3.63, 3.8) is 0 Å². The van der Waals surface area contributed by atoms with Crippen LogP contribution in [0, 0.1) is 0 Å². The summed E-state index contributed by atoms with van der Waals surface area (Å²) in [6, 6.07) is 12.8. The minimum Gasteiger partial charge on any atom is -0.372 e. The summed E-state index contributed by atoms with van der Waals surface area (Å²) < 4.78 is 25.5. The lowest BCUT2D eigenvalue weighted by Gasteiger charge is -2.21. The van der Waals surface area contributed by atoms with Gasteiger partial charge in [0, 0.05) is 34.1 Å². The molecule has 2 aromatic rings. The van der Waals surface area contributed by atoms with Gasteiger partial charge < -0.3 is 4.90 Å². The second-order valence-corrected chi connectivity index (χ2v) is 10.9. The third kappa shape index (κ3) is 2.68. The van der Waals surface area contributed by atoms with Crippen molar-refractivity contribution in [2.24, 2.45) is 0 Å². The third-order valence-corrected chi connectivity index (χ3v) is 10.2. The Labute approximate surface area is 162 Å². The van der Waals surface area contributed by atoms with Gasteiger partial charge in [-0.05, 0) is 38.1 Å². The van der Waals surface area contributed by atoms with Crippen LogP contribution < -0.4 is 4.90 Å². The van der Waals surface area contributed by atoms with Crippen LogP contribution in [-0.2, 0) is 9.84 Å². The number of thioether (sulfide) groups is 2. The predicted molar refractivity (Wildman–Crippen MR) is 107 cm³/mol. The molecule has 2 unspecified atom stereocenters. The zero-order valence-electron chi connectivity index (χ0n) is 14.5. The monoisotopic (exact) mass is 405 g/mol. The highest BCUT2D eigenvalue weighted by Crippen LogP contribution is 2.53. The maximum Gasteiger partial charge on any atom is 0.191 e. The fourth-order valence-electron chi connectivity index (χ4n) is 3.49. The first kappa shape index (κ1) is 17.9. The Hall–Kier alpha value is -1.44. The standard InChI is InChI=1S/C19H19NO3S3/c1-3-20(4-2)12-9-10-14-15(11-12)25-19(24-14)18-17(21)13-7-5-6-8-16(13)26(18,22)23/h5-11,18-19H,3-4H2,1-2H3. The molecule has 0 aromatic heterocycles. The summed E-state index contributed by atoms with van der Waals surface area (Å²) in [5.74, 6) is -0.276. The summed E-state index contributed by atoms with van der Waals surface area (Å²) in [5.41, 5.74) is 1.46. The molecule has 0 spiro atoms. The molecule has 136 valence electrons. The van der Waals surface area contributed by atoms with Crippen molar-refractivity contribution < 1.29 is 13.2 Å². The molecular formula is C19H19NO3S3. The first-order valence-corrected chi connectivity index (χ1v) is 11.9. The number of nitrogens with zero attached hydrogens (tertiary/aromatic N) is 1. The molecule has 0 amide bonds. The Balaban J connectivity index is 1.66. The molecule has 0 saturated carbocycles. The van der Waals surface area contributed by atoms with E-state index in [9.17, 15) is 13.2 Å². The number of ketones is 1. The summed E-state index contributed by atoms with van der Waals surface area (Å²) >= 11 is 2.99. The zero-order chi connectivity index (χ0) is 18.5. The molecule has 7 heteroatoms. The van der Waals surface area contributed by atoms with Crippen LogP contribution in [0.3, 0.4) is 0 Å². The van der Waals surface area contributed by atoms with Crippen LogP contribution in [0.1, 0.15) is 24.2 Å². The van der Waals surface area contributed by atoms with E-state index < -0.39 is 15.1 Å². The number of sulfone groups is 1. The lowest BCUT2D eigenvalue weighted by molar-refractivity contribution is 0.0994. The van der Waals surface area contributed by atoms with Crippen LogP contribution in [-0.4, -0.2) is 37.1 Å². The van der Waals surface area contributed by atoms with Crippen molar-refractivity contribution in [2.75, 3.05) is 18.0 Å². The maximum atomic E-state index is 12.9. The quantitative estimate of drug-likeness (QED) is 0.763. The molecule has 0 radical (unpaired) electrons. The fraction of sp³-hybridized carbons (Fsp3) is 0.316. The van der Waals surface area contributed by atoms with E-state index in [1.165, 1.54) is 23.5 Å². The molecule has 4 rings (SSSR count). The predicted octanol–water partition coefficient (Wildman–Crippen LogP) is 4.10. The van der Waals surface area contributed by atoms with Gasteiger partial charge in [-0.3, -0.25) is 4.79 Å². The molecule has 2 aliphatic rings. The van der Waals surface area contributed by atoms with Gasteiger partial charge in [-0.15, -0.1) is 23.5 Å². The molecule has 2 aliphatic heterocycles. The maximum absolute atomic E-state index is 12.9. The number of Topliss-reactive ketones (excluding diaryl/α,β-unsaturated/α-hetero) is 1. The second kappa shape index (κ2) is 6.62. The van der Waals surface area contributed by atoms with Gasteiger partial charge in [0.05, 0.1) is 9.48 Å². The first-order valence-electron chi connectivity index (χ1n) is 8.56. The molecule has 4 nitrogen and oxygen atoms in total. The highest BCUT2D eigenvalue weighted by Gasteiger charge is 2.50. The Morgan fingerprint density at radius 1 is 1.00 bits per heavy atom. The SMILES string of the molecule is CCN(CC)c1ccc2c(c1)SC(C1C(=O)c3ccccc3S1(=O)=O)S2. The minimum absolute atomic E-state index is 0.177. The largest absolute Gasteiger partial charge is 0.372 e. The number of carbonyl (C=O) groups is 1. The molecule has 26 heavy (non-hydrogen) atoms. The van der Waals surface area contributed by atoms with E-state index >= 15 is 0 Å². The fourth-order valence-corrected chi connectivity index (χ4v) is 9.21. The smallest absolute Gasteiger partial charge is 0.191 e. The van der Waals surface area contributed by atoms with E-state index in [0.29, 0.717) is 5.56 Å². The minimum atomic E-state index is -3.63. The van der Waals surface area contributed by atoms with Crippen molar-refractivity contribution in [3.05, 3.63) is 48.0 Å². The molecule has 2 heterocycles. The van der Waals surface area contributed by atoms with Gasteiger partial charge >= 0.3 is 0 Å².